The monoisotopic (exact) mass is 360 g/mol. The van der Waals surface area contributed by atoms with Gasteiger partial charge in [0.05, 0.1) is 16.3 Å². The number of aromatic nitrogens is 2. The van der Waals surface area contributed by atoms with Gasteiger partial charge in [-0.1, -0.05) is 18.0 Å². The van der Waals surface area contributed by atoms with Crippen LogP contribution in [0.1, 0.15) is 43.5 Å². The largest absolute Gasteiger partial charge is 0.350 e. The topological polar surface area (TPSA) is 50.2 Å². The summed E-state index contributed by atoms with van der Waals surface area (Å²) >= 11 is 6.25. The van der Waals surface area contributed by atoms with Crippen molar-refractivity contribution in [3.63, 3.8) is 0 Å². The van der Waals surface area contributed by atoms with Crippen molar-refractivity contribution in [2.45, 2.75) is 38.6 Å². The van der Waals surface area contributed by atoms with Crippen LogP contribution in [0.3, 0.4) is 0 Å². The van der Waals surface area contributed by atoms with Crippen LogP contribution in [0.4, 0.5) is 0 Å². The van der Waals surface area contributed by atoms with Gasteiger partial charge >= 0.3 is 0 Å². The van der Waals surface area contributed by atoms with Crippen LogP contribution in [0.2, 0.25) is 5.02 Å². The highest BCUT2D eigenvalue weighted by molar-refractivity contribution is 6.33. The third-order valence-electron chi connectivity index (χ3n) is 4.86. The standard InChI is InChI=1S/C19H25ClN4O/c1-19(2,23-10-4-3-5-11-23)14-21-18(25)16-13-15(7-8-17(16)20)24-12-6-9-22-24/h6-9,12-13H,3-5,10-11,14H2,1-2H3,(H,21,25). The number of benzene rings is 1. The van der Waals surface area contributed by atoms with Gasteiger partial charge in [-0.2, -0.15) is 5.10 Å². The fraction of sp³-hybridized carbons (Fsp3) is 0.474. The van der Waals surface area contributed by atoms with E-state index in [1.54, 1.807) is 23.0 Å². The summed E-state index contributed by atoms with van der Waals surface area (Å²) in [7, 11) is 0. The van der Waals surface area contributed by atoms with E-state index in [9.17, 15) is 4.79 Å². The first-order valence-electron chi connectivity index (χ1n) is 8.80. The minimum absolute atomic E-state index is 0.0673. The lowest BCUT2D eigenvalue weighted by Gasteiger charge is -2.41. The van der Waals surface area contributed by atoms with Crippen LogP contribution >= 0.6 is 11.6 Å². The summed E-state index contributed by atoms with van der Waals surface area (Å²) in [5, 5.41) is 7.70. The van der Waals surface area contributed by atoms with E-state index in [1.807, 2.05) is 18.3 Å². The highest BCUT2D eigenvalue weighted by Gasteiger charge is 2.28. The van der Waals surface area contributed by atoms with Crippen molar-refractivity contribution in [2.75, 3.05) is 19.6 Å². The SMILES string of the molecule is CC(C)(CNC(=O)c1cc(-n2cccn2)ccc1Cl)N1CCCCC1. The molecule has 0 aliphatic carbocycles. The maximum absolute atomic E-state index is 12.7. The Bertz CT molecular complexity index is 721. The molecule has 0 bridgehead atoms. The van der Waals surface area contributed by atoms with E-state index in [-0.39, 0.29) is 11.4 Å². The molecule has 134 valence electrons. The van der Waals surface area contributed by atoms with E-state index >= 15 is 0 Å². The number of halogens is 1. The third kappa shape index (κ3) is 4.22. The zero-order valence-corrected chi connectivity index (χ0v) is 15.6. The molecular formula is C19H25ClN4O. The zero-order valence-electron chi connectivity index (χ0n) is 14.8. The summed E-state index contributed by atoms with van der Waals surface area (Å²) in [5.41, 5.74) is 1.22. The Balaban J connectivity index is 1.69. The first-order chi connectivity index (χ1) is 12.0. The van der Waals surface area contributed by atoms with Gasteiger partial charge in [-0.05, 0) is 64.0 Å². The van der Waals surface area contributed by atoms with Gasteiger partial charge < -0.3 is 5.32 Å². The second kappa shape index (κ2) is 7.58. The number of likely N-dealkylation sites (tertiary alicyclic amines) is 1. The molecule has 3 rings (SSSR count). The number of piperidine rings is 1. The van der Waals surface area contributed by atoms with Gasteiger partial charge in [-0.15, -0.1) is 0 Å². The lowest BCUT2D eigenvalue weighted by Crippen LogP contribution is -2.53. The lowest BCUT2D eigenvalue weighted by molar-refractivity contribution is 0.0797. The van der Waals surface area contributed by atoms with Crippen LogP contribution < -0.4 is 5.32 Å². The molecule has 1 amide bonds. The highest BCUT2D eigenvalue weighted by atomic mass is 35.5. The maximum atomic E-state index is 12.7. The van der Waals surface area contributed by atoms with E-state index in [0.717, 1.165) is 18.8 Å². The van der Waals surface area contributed by atoms with Crippen molar-refractivity contribution >= 4 is 17.5 Å². The molecule has 1 fully saturated rings. The average molecular weight is 361 g/mol. The van der Waals surface area contributed by atoms with Crippen LogP contribution in [0, 0.1) is 0 Å². The Morgan fingerprint density at radius 1 is 1.28 bits per heavy atom. The average Bonchev–Trinajstić information content (AvgIpc) is 3.15. The quantitative estimate of drug-likeness (QED) is 0.887. The summed E-state index contributed by atoms with van der Waals surface area (Å²) in [6.07, 6.45) is 7.30. The molecule has 1 aromatic heterocycles. The van der Waals surface area contributed by atoms with Crippen LogP contribution in [-0.4, -0.2) is 45.8 Å². The molecule has 0 atom stereocenters. The smallest absolute Gasteiger partial charge is 0.252 e. The molecule has 25 heavy (non-hydrogen) atoms. The number of nitrogens with one attached hydrogen (secondary N) is 1. The number of hydrogen-bond acceptors (Lipinski definition) is 3. The van der Waals surface area contributed by atoms with E-state index in [4.69, 9.17) is 11.6 Å². The van der Waals surface area contributed by atoms with Gasteiger partial charge in [0.15, 0.2) is 0 Å². The van der Waals surface area contributed by atoms with Crippen LogP contribution in [0.5, 0.6) is 0 Å². The van der Waals surface area contributed by atoms with Gasteiger partial charge in [0, 0.05) is 24.5 Å². The van der Waals surface area contributed by atoms with Crippen LogP contribution in [0.15, 0.2) is 36.7 Å². The molecule has 1 aliphatic heterocycles. The van der Waals surface area contributed by atoms with Crippen molar-refractivity contribution < 1.29 is 4.79 Å². The highest BCUT2D eigenvalue weighted by Crippen LogP contribution is 2.22. The fourth-order valence-electron chi connectivity index (χ4n) is 3.25. The predicted molar refractivity (Wildman–Crippen MR) is 100 cm³/mol. The summed E-state index contributed by atoms with van der Waals surface area (Å²) < 4.78 is 1.71. The number of rotatable bonds is 5. The second-order valence-electron chi connectivity index (χ2n) is 7.16. The fourth-order valence-corrected chi connectivity index (χ4v) is 3.46. The minimum Gasteiger partial charge on any atom is -0.350 e. The van der Waals surface area contributed by atoms with Gasteiger partial charge in [-0.25, -0.2) is 4.68 Å². The van der Waals surface area contributed by atoms with Crippen molar-refractivity contribution in [3.8, 4) is 5.69 Å². The van der Waals surface area contributed by atoms with Crippen LogP contribution in [-0.2, 0) is 0 Å². The van der Waals surface area contributed by atoms with Crippen molar-refractivity contribution in [1.82, 2.24) is 20.0 Å². The summed E-state index contributed by atoms with van der Waals surface area (Å²) in [5.74, 6) is -0.149. The van der Waals surface area contributed by atoms with Gasteiger partial charge in [0.25, 0.3) is 5.91 Å². The van der Waals surface area contributed by atoms with Gasteiger partial charge in [0.2, 0.25) is 0 Å². The molecule has 0 radical (unpaired) electrons. The Morgan fingerprint density at radius 3 is 2.72 bits per heavy atom. The molecule has 0 saturated carbocycles. The molecule has 1 aromatic carbocycles. The third-order valence-corrected chi connectivity index (χ3v) is 5.19. The summed E-state index contributed by atoms with van der Waals surface area (Å²) in [6.45, 7) is 7.14. The Kier molecular flexibility index (Phi) is 5.45. The van der Waals surface area contributed by atoms with Gasteiger partial charge in [-0.3, -0.25) is 9.69 Å². The van der Waals surface area contributed by atoms with E-state index in [2.05, 4.69) is 29.2 Å². The maximum Gasteiger partial charge on any atom is 0.252 e. The molecule has 2 heterocycles. The predicted octanol–water partition coefficient (Wildman–Crippen LogP) is 3.52. The Labute approximate surface area is 154 Å². The second-order valence-corrected chi connectivity index (χ2v) is 7.56. The molecule has 1 N–H and O–H groups in total. The first kappa shape index (κ1) is 18.0. The van der Waals surface area contributed by atoms with E-state index in [0.29, 0.717) is 17.1 Å². The molecule has 1 saturated heterocycles. The first-order valence-corrected chi connectivity index (χ1v) is 9.18. The molecule has 1 aliphatic rings. The number of nitrogens with zero attached hydrogens (tertiary/aromatic N) is 3. The molecule has 5 nitrogen and oxygen atoms in total. The Morgan fingerprint density at radius 2 is 2.04 bits per heavy atom. The minimum atomic E-state index is -0.149. The Hall–Kier alpha value is -1.85. The summed E-state index contributed by atoms with van der Waals surface area (Å²) in [4.78, 5) is 15.1. The number of carbonyl (C=O) groups is 1. The van der Waals surface area contributed by atoms with E-state index < -0.39 is 0 Å². The van der Waals surface area contributed by atoms with Crippen molar-refractivity contribution in [1.29, 1.82) is 0 Å². The number of amides is 1. The molecule has 6 heteroatoms. The van der Waals surface area contributed by atoms with Gasteiger partial charge in [0.1, 0.15) is 0 Å². The van der Waals surface area contributed by atoms with Crippen LogP contribution in [0.25, 0.3) is 5.69 Å². The molecule has 2 aromatic rings. The molecule has 0 spiro atoms. The number of hydrogen-bond donors (Lipinski definition) is 1. The normalized spacial score (nSPS) is 16.0. The zero-order chi connectivity index (χ0) is 17.9. The van der Waals surface area contributed by atoms with Crippen molar-refractivity contribution in [3.05, 3.63) is 47.2 Å². The van der Waals surface area contributed by atoms with Crippen molar-refractivity contribution in [2.24, 2.45) is 0 Å². The molecular weight excluding hydrogens is 336 g/mol. The number of carbonyl (C=O) groups excluding carboxylic acids is 1. The molecule has 0 unspecified atom stereocenters. The van der Waals surface area contributed by atoms with E-state index in [1.165, 1.54) is 19.3 Å². The lowest BCUT2D eigenvalue weighted by atomic mass is 9.98. The summed E-state index contributed by atoms with van der Waals surface area (Å²) in [6, 6.07) is 7.21.